The Bertz CT molecular complexity index is 186. The van der Waals surface area contributed by atoms with Crippen LogP contribution in [0.4, 0.5) is 0 Å². The molecule has 0 bridgehead atoms. The van der Waals surface area contributed by atoms with Crippen LogP contribution in [0.15, 0.2) is 0 Å². The van der Waals surface area contributed by atoms with E-state index in [0.717, 1.165) is 32.5 Å². The molecule has 1 rings (SSSR count). The van der Waals surface area contributed by atoms with E-state index in [1.165, 1.54) is 0 Å². The van der Waals surface area contributed by atoms with Crippen molar-refractivity contribution in [3.63, 3.8) is 0 Å². The maximum absolute atomic E-state index is 9.95. The minimum atomic E-state index is -0.238. The molecule has 0 aromatic carbocycles. The standard InChI is InChI=1S/C12H26N2O2/c1-4-10(5-2)14(6-7-16-3)11-8-13-9-12(11)15/h10-13,15H,4-9H2,1-3H3. The second kappa shape index (κ2) is 7.22. The third-order valence-corrected chi connectivity index (χ3v) is 3.54. The second-order valence-corrected chi connectivity index (χ2v) is 4.49. The molecule has 16 heavy (non-hydrogen) atoms. The smallest absolute Gasteiger partial charge is 0.0831 e. The summed E-state index contributed by atoms with van der Waals surface area (Å²) in [6, 6.07) is 0.801. The highest BCUT2D eigenvalue weighted by atomic mass is 16.5. The number of ether oxygens (including phenoxy) is 1. The third-order valence-electron chi connectivity index (χ3n) is 3.54. The van der Waals surface area contributed by atoms with Gasteiger partial charge in [0.25, 0.3) is 0 Å². The first-order chi connectivity index (χ1) is 7.74. The Labute approximate surface area is 99.0 Å². The van der Waals surface area contributed by atoms with Gasteiger partial charge in [0.15, 0.2) is 0 Å². The topological polar surface area (TPSA) is 44.7 Å². The monoisotopic (exact) mass is 230 g/mol. The van der Waals surface area contributed by atoms with Gasteiger partial charge in [-0.05, 0) is 12.8 Å². The normalized spacial score (nSPS) is 25.9. The Hall–Kier alpha value is -0.160. The van der Waals surface area contributed by atoms with Crippen LogP contribution in [0.5, 0.6) is 0 Å². The molecule has 96 valence electrons. The molecular weight excluding hydrogens is 204 g/mol. The lowest BCUT2D eigenvalue weighted by atomic mass is 10.1. The van der Waals surface area contributed by atoms with Crippen molar-refractivity contribution in [2.75, 3.05) is 33.4 Å². The van der Waals surface area contributed by atoms with E-state index >= 15 is 0 Å². The quantitative estimate of drug-likeness (QED) is 0.667. The molecule has 2 unspecified atom stereocenters. The summed E-state index contributed by atoms with van der Waals surface area (Å²) < 4.78 is 5.16. The van der Waals surface area contributed by atoms with E-state index in [4.69, 9.17) is 4.74 Å². The van der Waals surface area contributed by atoms with Crippen molar-refractivity contribution >= 4 is 0 Å². The van der Waals surface area contributed by atoms with Gasteiger partial charge in [0.2, 0.25) is 0 Å². The number of rotatable bonds is 7. The zero-order valence-electron chi connectivity index (χ0n) is 10.8. The van der Waals surface area contributed by atoms with Crippen molar-refractivity contribution in [3.05, 3.63) is 0 Å². The van der Waals surface area contributed by atoms with E-state index in [-0.39, 0.29) is 12.1 Å². The number of aliphatic hydroxyl groups excluding tert-OH is 1. The second-order valence-electron chi connectivity index (χ2n) is 4.49. The van der Waals surface area contributed by atoms with Crippen LogP contribution < -0.4 is 5.32 Å². The van der Waals surface area contributed by atoms with E-state index in [1.54, 1.807) is 7.11 Å². The summed E-state index contributed by atoms with van der Waals surface area (Å²) in [5, 5.41) is 13.2. The number of nitrogens with zero attached hydrogens (tertiary/aromatic N) is 1. The SMILES string of the molecule is CCC(CC)N(CCOC)C1CNCC1O. The fourth-order valence-electron chi connectivity index (χ4n) is 2.56. The van der Waals surface area contributed by atoms with Gasteiger partial charge in [0, 0.05) is 38.8 Å². The van der Waals surface area contributed by atoms with E-state index in [9.17, 15) is 5.11 Å². The molecule has 0 radical (unpaired) electrons. The molecule has 1 heterocycles. The fourth-order valence-corrected chi connectivity index (χ4v) is 2.56. The minimum absolute atomic E-state index is 0.238. The fraction of sp³-hybridized carbons (Fsp3) is 1.00. The lowest BCUT2D eigenvalue weighted by Gasteiger charge is -2.36. The summed E-state index contributed by atoms with van der Waals surface area (Å²) in [6.45, 7) is 7.67. The summed E-state index contributed by atoms with van der Waals surface area (Å²) in [5.74, 6) is 0. The summed E-state index contributed by atoms with van der Waals surface area (Å²) in [4.78, 5) is 2.41. The van der Waals surface area contributed by atoms with Crippen LogP contribution in [0.25, 0.3) is 0 Å². The minimum Gasteiger partial charge on any atom is -0.390 e. The van der Waals surface area contributed by atoms with Crippen molar-refractivity contribution in [3.8, 4) is 0 Å². The molecule has 0 saturated carbocycles. The number of methoxy groups -OCH3 is 1. The number of aliphatic hydroxyl groups is 1. The zero-order valence-corrected chi connectivity index (χ0v) is 10.8. The summed E-state index contributed by atoms with van der Waals surface area (Å²) in [5.41, 5.74) is 0. The highest BCUT2D eigenvalue weighted by Crippen LogP contribution is 2.17. The van der Waals surface area contributed by atoms with Gasteiger partial charge in [0.05, 0.1) is 12.7 Å². The molecule has 0 aromatic rings. The lowest BCUT2D eigenvalue weighted by Crippen LogP contribution is -2.50. The molecule has 0 aliphatic carbocycles. The van der Waals surface area contributed by atoms with Crippen molar-refractivity contribution in [2.45, 2.75) is 44.9 Å². The van der Waals surface area contributed by atoms with Crippen LogP contribution in [0, 0.1) is 0 Å². The van der Waals surface area contributed by atoms with Gasteiger partial charge in [-0.2, -0.15) is 0 Å². The predicted octanol–water partition coefficient (Wildman–Crippen LogP) is 0.456. The first-order valence-corrected chi connectivity index (χ1v) is 6.38. The van der Waals surface area contributed by atoms with E-state index in [2.05, 4.69) is 24.1 Å². The summed E-state index contributed by atoms with van der Waals surface area (Å²) >= 11 is 0. The van der Waals surface area contributed by atoms with E-state index < -0.39 is 0 Å². The maximum Gasteiger partial charge on any atom is 0.0831 e. The first-order valence-electron chi connectivity index (χ1n) is 6.38. The maximum atomic E-state index is 9.95. The molecule has 1 saturated heterocycles. The Morgan fingerprint density at radius 2 is 2.06 bits per heavy atom. The average molecular weight is 230 g/mol. The van der Waals surface area contributed by atoms with Gasteiger partial charge < -0.3 is 15.2 Å². The van der Waals surface area contributed by atoms with Crippen molar-refractivity contribution in [2.24, 2.45) is 0 Å². The average Bonchev–Trinajstić information content (AvgIpc) is 2.71. The molecular formula is C12H26N2O2. The van der Waals surface area contributed by atoms with Gasteiger partial charge in [-0.15, -0.1) is 0 Å². The van der Waals surface area contributed by atoms with E-state index in [1.807, 2.05) is 0 Å². The molecule has 0 aromatic heterocycles. The number of hydrogen-bond acceptors (Lipinski definition) is 4. The molecule has 4 nitrogen and oxygen atoms in total. The Morgan fingerprint density at radius 1 is 1.38 bits per heavy atom. The predicted molar refractivity (Wildman–Crippen MR) is 65.6 cm³/mol. The van der Waals surface area contributed by atoms with Gasteiger partial charge in [0.1, 0.15) is 0 Å². The van der Waals surface area contributed by atoms with Crippen LogP contribution in [-0.2, 0) is 4.74 Å². The third kappa shape index (κ3) is 3.42. The zero-order chi connectivity index (χ0) is 12.0. The Kier molecular flexibility index (Phi) is 6.28. The van der Waals surface area contributed by atoms with Gasteiger partial charge in [-0.25, -0.2) is 0 Å². The van der Waals surface area contributed by atoms with Crippen LogP contribution >= 0.6 is 0 Å². The molecule has 1 aliphatic heterocycles. The molecule has 4 heteroatoms. The summed E-state index contributed by atoms with van der Waals surface area (Å²) in [6.07, 6.45) is 2.02. The van der Waals surface area contributed by atoms with Gasteiger partial charge >= 0.3 is 0 Å². The molecule has 2 N–H and O–H groups in total. The Morgan fingerprint density at radius 3 is 2.50 bits per heavy atom. The van der Waals surface area contributed by atoms with Crippen LogP contribution in [0.2, 0.25) is 0 Å². The molecule has 0 amide bonds. The highest BCUT2D eigenvalue weighted by Gasteiger charge is 2.33. The van der Waals surface area contributed by atoms with Crippen LogP contribution in [0.1, 0.15) is 26.7 Å². The summed E-state index contributed by atoms with van der Waals surface area (Å²) in [7, 11) is 1.73. The van der Waals surface area contributed by atoms with Crippen LogP contribution in [0.3, 0.4) is 0 Å². The van der Waals surface area contributed by atoms with Gasteiger partial charge in [-0.1, -0.05) is 13.8 Å². The van der Waals surface area contributed by atoms with Gasteiger partial charge in [-0.3, -0.25) is 4.90 Å². The van der Waals surface area contributed by atoms with Crippen molar-refractivity contribution in [1.82, 2.24) is 10.2 Å². The Balaban J connectivity index is 2.60. The number of β-amino-alcohol motifs (C(OH)–C–C–N with tert-alkyl or cyclic N) is 1. The molecule has 2 atom stereocenters. The van der Waals surface area contributed by atoms with Crippen LogP contribution in [-0.4, -0.2) is 61.5 Å². The highest BCUT2D eigenvalue weighted by molar-refractivity contribution is 4.91. The van der Waals surface area contributed by atoms with Crippen molar-refractivity contribution < 1.29 is 9.84 Å². The largest absolute Gasteiger partial charge is 0.390 e. The molecule has 1 aliphatic rings. The number of hydrogen-bond donors (Lipinski definition) is 2. The molecule has 0 spiro atoms. The van der Waals surface area contributed by atoms with Crippen molar-refractivity contribution in [1.29, 1.82) is 0 Å². The lowest BCUT2D eigenvalue weighted by molar-refractivity contribution is 0.0317. The molecule has 1 fully saturated rings. The first kappa shape index (κ1) is 13.9. The number of nitrogens with one attached hydrogen (secondary N) is 1. The van der Waals surface area contributed by atoms with E-state index in [0.29, 0.717) is 12.6 Å².